The highest BCUT2D eigenvalue weighted by Crippen LogP contribution is 2.31. The highest BCUT2D eigenvalue weighted by atomic mass is 19.4. The molecule has 0 aliphatic carbocycles. The smallest absolute Gasteiger partial charge is 0.473 e. The second-order valence-corrected chi connectivity index (χ2v) is 7.49. The number of nitrogens with zero attached hydrogens (tertiary/aromatic N) is 3. The Morgan fingerprint density at radius 2 is 1.92 bits per heavy atom. The minimum absolute atomic E-state index is 0.100. The van der Waals surface area contributed by atoms with E-state index in [2.05, 4.69) is 20.0 Å². The summed E-state index contributed by atoms with van der Waals surface area (Å²) in [7, 11) is 0. The fraction of sp³-hybridized carbons (Fsp3) is 0.261. The highest BCUT2D eigenvalue weighted by Gasteiger charge is 2.33. The number of alkyl halides is 3. The molecule has 1 amide bonds. The SMILES string of the molecule is CCCCOc1nc(C(=O)N[C@@H](c2ccc(OC(F)(F)F)c(F)c2)c2ncccc2F)ccc1[N+](=O)[O-]. The van der Waals surface area contributed by atoms with Gasteiger partial charge in [-0.2, -0.15) is 0 Å². The van der Waals surface area contributed by atoms with E-state index >= 15 is 0 Å². The molecule has 0 saturated carbocycles. The lowest BCUT2D eigenvalue weighted by molar-refractivity contribution is -0.386. The number of carbonyl (C=O) groups is 1. The van der Waals surface area contributed by atoms with Crippen molar-refractivity contribution < 1.29 is 41.1 Å². The molecule has 2 heterocycles. The fourth-order valence-corrected chi connectivity index (χ4v) is 3.15. The number of halogens is 5. The summed E-state index contributed by atoms with van der Waals surface area (Å²) < 4.78 is 75.4. The number of nitrogens with one attached hydrogen (secondary N) is 1. The molecule has 0 spiro atoms. The van der Waals surface area contributed by atoms with Crippen LogP contribution >= 0.6 is 0 Å². The number of aromatic nitrogens is 2. The quantitative estimate of drug-likeness (QED) is 0.166. The normalized spacial score (nSPS) is 12.1. The van der Waals surface area contributed by atoms with Crippen molar-refractivity contribution in [1.29, 1.82) is 0 Å². The standard InChI is InChI=1S/C23H19F5N4O5/c1-2-3-11-36-22-17(32(34)35)8-7-16(30-22)21(33)31-19(20-14(24)5-4-10-29-20)13-6-9-18(15(25)12-13)37-23(26,27)28/h4-10,12,19H,2-3,11H2,1H3,(H,31,33)/t19-/m0/s1. The van der Waals surface area contributed by atoms with E-state index in [0.29, 0.717) is 18.6 Å². The third-order valence-corrected chi connectivity index (χ3v) is 4.86. The van der Waals surface area contributed by atoms with Crippen LogP contribution in [0.5, 0.6) is 11.6 Å². The number of hydrogen-bond acceptors (Lipinski definition) is 7. The molecule has 0 fully saturated rings. The summed E-state index contributed by atoms with van der Waals surface area (Å²) in [5.74, 6) is -4.84. The third kappa shape index (κ3) is 7.08. The second-order valence-electron chi connectivity index (χ2n) is 7.49. The van der Waals surface area contributed by atoms with Crippen molar-refractivity contribution in [2.45, 2.75) is 32.2 Å². The van der Waals surface area contributed by atoms with Gasteiger partial charge in [0.05, 0.1) is 17.6 Å². The summed E-state index contributed by atoms with van der Waals surface area (Å²) >= 11 is 0. The second kappa shape index (κ2) is 11.6. The number of nitro groups is 1. The van der Waals surface area contributed by atoms with Crippen molar-refractivity contribution in [3.63, 3.8) is 0 Å². The first-order valence-corrected chi connectivity index (χ1v) is 10.7. The number of pyridine rings is 2. The minimum atomic E-state index is -5.15. The summed E-state index contributed by atoms with van der Waals surface area (Å²) in [5.41, 5.74) is -1.38. The van der Waals surface area contributed by atoms with Gasteiger partial charge in [0.2, 0.25) is 0 Å². The van der Waals surface area contributed by atoms with Gasteiger partial charge in [-0.1, -0.05) is 19.4 Å². The molecule has 14 heteroatoms. The summed E-state index contributed by atoms with van der Waals surface area (Å²) in [5, 5.41) is 13.7. The van der Waals surface area contributed by atoms with Gasteiger partial charge in [0, 0.05) is 12.3 Å². The Bertz CT molecular complexity index is 1290. The van der Waals surface area contributed by atoms with Gasteiger partial charge in [-0.15, -0.1) is 13.2 Å². The Labute approximate surface area is 206 Å². The Morgan fingerprint density at radius 3 is 2.54 bits per heavy atom. The van der Waals surface area contributed by atoms with Gasteiger partial charge in [-0.05, 0) is 42.3 Å². The van der Waals surface area contributed by atoms with Crippen molar-refractivity contribution in [2.75, 3.05) is 6.61 Å². The number of rotatable bonds is 10. The summed E-state index contributed by atoms with van der Waals surface area (Å²) in [6.45, 7) is 1.97. The van der Waals surface area contributed by atoms with E-state index in [-0.39, 0.29) is 23.6 Å². The molecule has 37 heavy (non-hydrogen) atoms. The first-order valence-electron chi connectivity index (χ1n) is 10.7. The van der Waals surface area contributed by atoms with E-state index in [0.717, 1.165) is 30.7 Å². The van der Waals surface area contributed by atoms with Crippen LogP contribution in [0.1, 0.15) is 47.6 Å². The molecule has 1 aromatic carbocycles. The van der Waals surface area contributed by atoms with Crippen molar-refractivity contribution in [1.82, 2.24) is 15.3 Å². The summed E-state index contributed by atoms with van der Waals surface area (Å²) in [4.78, 5) is 31.3. The van der Waals surface area contributed by atoms with Crippen LogP contribution in [0.2, 0.25) is 0 Å². The zero-order chi connectivity index (χ0) is 27.2. The highest BCUT2D eigenvalue weighted by molar-refractivity contribution is 5.93. The van der Waals surface area contributed by atoms with Crippen LogP contribution in [0.15, 0.2) is 48.7 Å². The Kier molecular flexibility index (Phi) is 8.52. The molecule has 0 bridgehead atoms. The molecule has 3 rings (SSSR count). The van der Waals surface area contributed by atoms with E-state index in [9.17, 15) is 36.9 Å². The number of unbranched alkanes of at least 4 members (excludes halogenated alkanes) is 1. The predicted octanol–water partition coefficient (Wildman–Crippen LogP) is 5.26. The molecular weight excluding hydrogens is 507 g/mol. The predicted molar refractivity (Wildman–Crippen MR) is 118 cm³/mol. The molecule has 3 aromatic rings. The van der Waals surface area contributed by atoms with Crippen LogP contribution in [0, 0.1) is 21.7 Å². The van der Waals surface area contributed by atoms with Gasteiger partial charge in [-0.3, -0.25) is 19.9 Å². The van der Waals surface area contributed by atoms with Gasteiger partial charge in [0.1, 0.15) is 17.2 Å². The minimum Gasteiger partial charge on any atom is -0.473 e. The average Bonchev–Trinajstić information content (AvgIpc) is 2.83. The van der Waals surface area contributed by atoms with E-state index in [4.69, 9.17) is 4.74 Å². The summed E-state index contributed by atoms with van der Waals surface area (Å²) in [6.07, 6.45) is -2.66. The first kappa shape index (κ1) is 27.2. The van der Waals surface area contributed by atoms with E-state index in [1.165, 1.54) is 12.3 Å². The molecule has 1 N–H and O–H groups in total. The van der Waals surface area contributed by atoms with Gasteiger partial charge < -0.3 is 14.8 Å². The van der Waals surface area contributed by atoms with Crippen molar-refractivity contribution in [3.8, 4) is 11.6 Å². The molecule has 0 aliphatic heterocycles. The van der Waals surface area contributed by atoms with Crippen molar-refractivity contribution in [3.05, 3.63) is 87.4 Å². The molecule has 0 unspecified atom stereocenters. The molecule has 1 atom stereocenters. The molecule has 9 nitrogen and oxygen atoms in total. The molecule has 0 radical (unpaired) electrons. The lowest BCUT2D eigenvalue weighted by atomic mass is 10.0. The maximum absolute atomic E-state index is 14.6. The molecule has 0 saturated heterocycles. The van der Waals surface area contributed by atoms with Crippen molar-refractivity contribution in [2.24, 2.45) is 0 Å². The largest absolute Gasteiger partial charge is 0.573 e. The number of hydrogen-bond donors (Lipinski definition) is 1. The van der Waals surface area contributed by atoms with Crippen LogP contribution in [0.25, 0.3) is 0 Å². The number of ether oxygens (including phenoxy) is 2. The molecule has 0 aliphatic rings. The Morgan fingerprint density at radius 1 is 1.16 bits per heavy atom. The van der Waals surface area contributed by atoms with E-state index < -0.39 is 52.2 Å². The van der Waals surface area contributed by atoms with Gasteiger partial charge in [-0.25, -0.2) is 13.8 Å². The zero-order valence-corrected chi connectivity index (χ0v) is 19.1. The molecule has 196 valence electrons. The van der Waals surface area contributed by atoms with Gasteiger partial charge in [0.25, 0.3) is 11.8 Å². The number of amides is 1. The topological polar surface area (TPSA) is 116 Å². The number of benzene rings is 1. The van der Waals surface area contributed by atoms with Crippen molar-refractivity contribution >= 4 is 11.6 Å². The third-order valence-electron chi connectivity index (χ3n) is 4.86. The summed E-state index contributed by atoms with van der Waals surface area (Å²) in [6, 6.07) is 5.12. The lowest BCUT2D eigenvalue weighted by Crippen LogP contribution is -2.31. The number of carbonyl (C=O) groups excluding carboxylic acids is 1. The first-order chi connectivity index (χ1) is 17.5. The monoisotopic (exact) mass is 526 g/mol. The fourth-order valence-electron chi connectivity index (χ4n) is 3.15. The maximum Gasteiger partial charge on any atom is 0.573 e. The van der Waals surface area contributed by atoms with Crippen LogP contribution in [0.3, 0.4) is 0 Å². The zero-order valence-electron chi connectivity index (χ0n) is 19.1. The maximum atomic E-state index is 14.6. The Hall–Kier alpha value is -4.36. The van der Waals surface area contributed by atoms with E-state index in [1.54, 1.807) is 0 Å². The molecular formula is C23H19F5N4O5. The lowest BCUT2D eigenvalue weighted by Gasteiger charge is -2.20. The van der Waals surface area contributed by atoms with E-state index in [1.807, 2.05) is 6.92 Å². The average molecular weight is 526 g/mol. The Balaban J connectivity index is 1.97. The van der Waals surface area contributed by atoms with Gasteiger partial charge >= 0.3 is 12.0 Å². The van der Waals surface area contributed by atoms with Crippen LogP contribution in [-0.4, -0.2) is 33.8 Å². The van der Waals surface area contributed by atoms with Crippen LogP contribution < -0.4 is 14.8 Å². The van der Waals surface area contributed by atoms with Gasteiger partial charge in [0.15, 0.2) is 11.6 Å². The van der Waals surface area contributed by atoms with Crippen LogP contribution in [-0.2, 0) is 0 Å². The van der Waals surface area contributed by atoms with Crippen LogP contribution in [0.4, 0.5) is 27.6 Å². The molecule has 2 aromatic heterocycles.